The summed E-state index contributed by atoms with van der Waals surface area (Å²) in [5.74, 6) is -0.531. The van der Waals surface area contributed by atoms with Crippen molar-refractivity contribution in [3.63, 3.8) is 0 Å². The molecule has 1 rings (SSSR count). The van der Waals surface area contributed by atoms with E-state index in [0.717, 1.165) is 0 Å². The highest BCUT2D eigenvalue weighted by molar-refractivity contribution is 5.85. The Morgan fingerprint density at radius 3 is 2.54 bits per heavy atom. The summed E-state index contributed by atoms with van der Waals surface area (Å²) in [6.45, 7) is 6.17. The quantitative estimate of drug-likeness (QED) is 0.775. The van der Waals surface area contributed by atoms with E-state index in [1.807, 2.05) is 6.92 Å². The predicted molar refractivity (Wildman–Crippen MR) is 48.7 cm³/mol. The van der Waals surface area contributed by atoms with Gasteiger partial charge in [0.25, 0.3) is 0 Å². The molecule has 1 aromatic rings. The molecule has 1 N–H and O–H groups in total. The zero-order valence-electron chi connectivity index (χ0n) is 8.06. The lowest BCUT2D eigenvalue weighted by molar-refractivity contribution is 0.0689. The number of hydrogen-bond donors (Lipinski definition) is 1. The highest BCUT2D eigenvalue weighted by Gasteiger charge is 2.12. The fraction of sp³-hybridized carbons (Fsp3) is 0.556. The highest BCUT2D eigenvalue weighted by Crippen LogP contribution is 2.15. The van der Waals surface area contributed by atoms with Crippen LogP contribution in [0.3, 0.4) is 0 Å². The van der Waals surface area contributed by atoms with E-state index in [2.05, 4.69) is 18.9 Å². The molecule has 0 radical (unpaired) electrons. The Balaban J connectivity index is 2.85. The molecular weight excluding hydrogens is 168 g/mol. The third kappa shape index (κ3) is 2.08. The van der Waals surface area contributed by atoms with E-state index in [0.29, 0.717) is 5.92 Å². The number of carbonyl (C=O) groups is 1. The molecule has 0 aliphatic heterocycles. The normalized spacial score (nSPS) is 13.2. The molecule has 4 heteroatoms. The lowest BCUT2D eigenvalue weighted by Crippen LogP contribution is -2.12. The lowest BCUT2D eigenvalue weighted by atomic mass is 10.1. The molecule has 1 atom stereocenters. The Morgan fingerprint density at radius 1 is 1.54 bits per heavy atom. The average Bonchev–Trinajstić information content (AvgIpc) is 2.50. The summed E-state index contributed by atoms with van der Waals surface area (Å²) in [5.41, 5.74) is 0.104. The molecular formula is C9H14N2O2. The van der Waals surface area contributed by atoms with Gasteiger partial charge >= 0.3 is 5.97 Å². The van der Waals surface area contributed by atoms with Crippen LogP contribution in [0.25, 0.3) is 0 Å². The third-order valence-electron chi connectivity index (χ3n) is 2.21. The van der Waals surface area contributed by atoms with Gasteiger partial charge in [-0.2, -0.15) is 5.10 Å². The van der Waals surface area contributed by atoms with Crippen molar-refractivity contribution in [2.45, 2.75) is 26.8 Å². The fourth-order valence-corrected chi connectivity index (χ4v) is 0.984. The van der Waals surface area contributed by atoms with Crippen molar-refractivity contribution in [3.05, 3.63) is 18.0 Å². The zero-order valence-corrected chi connectivity index (χ0v) is 8.06. The van der Waals surface area contributed by atoms with Crippen molar-refractivity contribution >= 4 is 5.97 Å². The van der Waals surface area contributed by atoms with Crippen LogP contribution >= 0.6 is 0 Å². The Hall–Kier alpha value is -1.32. The first kappa shape index (κ1) is 9.77. The minimum atomic E-state index is -0.977. The van der Waals surface area contributed by atoms with Crippen molar-refractivity contribution in [2.75, 3.05) is 0 Å². The second kappa shape index (κ2) is 3.60. The number of aromatic carboxylic acids is 1. The number of rotatable bonds is 3. The maximum atomic E-state index is 10.5. The van der Waals surface area contributed by atoms with E-state index in [4.69, 9.17) is 5.11 Å². The predicted octanol–water partition coefficient (Wildman–Crippen LogP) is 1.80. The Labute approximate surface area is 77.2 Å². The van der Waals surface area contributed by atoms with E-state index in [1.54, 1.807) is 10.9 Å². The maximum absolute atomic E-state index is 10.5. The molecule has 0 saturated carbocycles. The van der Waals surface area contributed by atoms with Gasteiger partial charge in [0.15, 0.2) is 5.69 Å². The van der Waals surface area contributed by atoms with Gasteiger partial charge in [0, 0.05) is 6.20 Å². The van der Waals surface area contributed by atoms with Gasteiger partial charge in [-0.1, -0.05) is 13.8 Å². The van der Waals surface area contributed by atoms with E-state index >= 15 is 0 Å². The summed E-state index contributed by atoms with van der Waals surface area (Å²) in [6, 6.07) is 1.74. The SMILES string of the molecule is CC(C)C(C)n1ccc(C(=O)O)n1. The molecule has 0 fully saturated rings. The summed E-state index contributed by atoms with van der Waals surface area (Å²) < 4.78 is 1.69. The van der Waals surface area contributed by atoms with Crippen LogP contribution in [0.2, 0.25) is 0 Å². The van der Waals surface area contributed by atoms with Crippen LogP contribution in [0.4, 0.5) is 0 Å². The largest absolute Gasteiger partial charge is 0.476 e. The van der Waals surface area contributed by atoms with Gasteiger partial charge in [-0.15, -0.1) is 0 Å². The smallest absolute Gasteiger partial charge is 0.356 e. The van der Waals surface area contributed by atoms with E-state index in [9.17, 15) is 4.79 Å². The molecule has 0 saturated heterocycles. The molecule has 0 aliphatic carbocycles. The van der Waals surface area contributed by atoms with Crippen LogP contribution in [0.1, 0.15) is 37.3 Å². The van der Waals surface area contributed by atoms with Crippen LogP contribution in [-0.4, -0.2) is 20.9 Å². The Kier molecular flexibility index (Phi) is 2.70. The van der Waals surface area contributed by atoms with Crippen LogP contribution < -0.4 is 0 Å². The third-order valence-corrected chi connectivity index (χ3v) is 2.21. The van der Waals surface area contributed by atoms with Gasteiger partial charge in [-0.25, -0.2) is 4.79 Å². The highest BCUT2D eigenvalue weighted by atomic mass is 16.4. The number of aromatic nitrogens is 2. The van der Waals surface area contributed by atoms with Gasteiger partial charge < -0.3 is 5.11 Å². The van der Waals surface area contributed by atoms with Gasteiger partial charge in [-0.3, -0.25) is 4.68 Å². The molecule has 1 heterocycles. The molecule has 0 spiro atoms. The monoisotopic (exact) mass is 182 g/mol. The maximum Gasteiger partial charge on any atom is 0.356 e. The molecule has 72 valence electrons. The van der Waals surface area contributed by atoms with Crippen LogP contribution in [-0.2, 0) is 0 Å². The topological polar surface area (TPSA) is 55.1 Å². The van der Waals surface area contributed by atoms with Crippen LogP contribution in [0.15, 0.2) is 12.3 Å². The molecule has 0 aliphatic rings. The minimum Gasteiger partial charge on any atom is -0.476 e. The molecule has 1 aromatic heterocycles. The zero-order chi connectivity index (χ0) is 10.0. The Bertz CT molecular complexity index is 304. The van der Waals surface area contributed by atoms with Crippen LogP contribution in [0.5, 0.6) is 0 Å². The lowest BCUT2D eigenvalue weighted by Gasteiger charge is -2.15. The molecule has 0 amide bonds. The molecule has 0 aromatic carbocycles. The summed E-state index contributed by atoms with van der Waals surface area (Å²) in [5, 5.41) is 12.6. The van der Waals surface area contributed by atoms with Gasteiger partial charge in [0.05, 0.1) is 6.04 Å². The van der Waals surface area contributed by atoms with Crippen LogP contribution in [0, 0.1) is 5.92 Å². The fourth-order valence-electron chi connectivity index (χ4n) is 0.984. The van der Waals surface area contributed by atoms with Gasteiger partial charge in [-0.05, 0) is 18.9 Å². The Morgan fingerprint density at radius 2 is 2.15 bits per heavy atom. The van der Waals surface area contributed by atoms with Gasteiger partial charge in [0.2, 0.25) is 0 Å². The van der Waals surface area contributed by atoms with Crippen molar-refractivity contribution in [1.29, 1.82) is 0 Å². The summed E-state index contributed by atoms with van der Waals surface area (Å²) in [7, 11) is 0. The second-order valence-corrected chi connectivity index (χ2v) is 3.47. The summed E-state index contributed by atoms with van der Waals surface area (Å²) >= 11 is 0. The number of hydrogen-bond acceptors (Lipinski definition) is 2. The summed E-state index contributed by atoms with van der Waals surface area (Å²) in [6.07, 6.45) is 1.70. The van der Waals surface area contributed by atoms with Crippen molar-refractivity contribution in [3.8, 4) is 0 Å². The molecule has 0 bridgehead atoms. The van der Waals surface area contributed by atoms with E-state index in [1.165, 1.54) is 6.07 Å². The van der Waals surface area contributed by atoms with E-state index in [-0.39, 0.29) is 11.7 Å². The minimum absolute atomic E-state index is 0.104. The van der Waals surface area contributed by atoms with E-state index < -0.39 is 5.97 Å². The first-order chi connectivity index (χ1) is 6.02. The average molecular weight is 182 g/mol. The first-order valence-corrected chi connectivity index (χ1v) is 4.31. The summed E-state index contributed by atoms with van der Waals surface area (Å²) in [4.78, 5) is 10.5. The number of carboxylic acid groups (broad SMARTS) is 1. The molecule has 4 nitrogen and oxygen atoms in total. The molecule has 1 unspecified atom stereocenters. The second-order valence-electron chi connectivity index (χ2n) is 3.47. The van der Waals surface area contributed by atoms with Crippen molar-refractivity contribution in [1.82, 2.24) is 9.78 Å². The first-order valence-electron chi connectivity index (χ1n) is 4.31. The number of carboxylic acids is 1. The standard InChI is InChI=1S/C9H14N2O2/c1-6(2)7(3)11-5-4-8(10-11)9(12)13/h4-7H,1-3H3,(H,12,13). The van der Waals surface area contributed by atoms with Gasteiger partial charge in [0.1, 0.15) is 0 Å². The molecule has 13 heavy (non-hydrogen) atoms. The van der Waals surface area contributed by atoms with Crippen molar-refractivity contribution in [2.24, 2.45) is 5.92 Å². The van der Waals surface area contributed by atoms with Crippen molar-refractivity contribution < 1.29 is 9.90 Å². The number of nitrogens with zero attached hydrogens (tertiary/aromatic N) is 2.